The zero-order valence-electron chi connectivity index (χ0n) is 12.2. The van der Waals surface area contributed by atoms with Crippen LogP contribution in [0.3, 0.4) is 0 Å². The Hall–Kier alpha value is -1.88. The van der Waals surface area contributed by atoms with E-state index in [0.29, 0.717) is 24.1 Å². The molecule has 0 spiro atoms. The number of rotatable bonds is 6. The molecule has 1 unspecified atom stereocenters. The summed E-state index contributed by atoms with van der Waals surface area (Å²) in [6.45, 7) is 4.24. The minimum Gasteiger partial charge on any atom is -0.497 e. The molecular weight excluding hydrogens is 254 g/mol. The summed E-state index contributed by atoms with van der Waals surface area (Å²) < 4.78 is 10.4. The van der Waals surface area contributed by atoms with Crippen LogP contribution in [0.25, 0.3) is 0 Å². The van der Waals surface area contributed by atoms with Crippen LogP contribution in [0, 0.1) is 5.92 Å². The van der Waals surface area contributed by atoms with E-state index in [1.165, 1.54) is 0 Å². The van der Waals surface area contributed by atoms with Crippen molar-refractivity contribution in [3.63, 3.8) is 0 Å². The lowest BCUT2D eigenvalue weighted by Gasteiger charge is -2.08. The molecular formula is C15H21N3O2. The normalized spacial score (nSPS) is 12.7. The van der Waals surface area contributed by atoms with Crippen molar-refractivity contribution < 1.29 is 9.26 Å². The second-order valence-electron chi connectivity index (χ2n) is 5.31. The van der Waals surface area contributed by atoms with Gasteiger partial charge in [0.25, 0.3) is 0 Å². The number of methoxy groups -OCH3 is 1. The summed E-state index contributed by atoms with van der Waals surface area (Å²) in [6, 6.07) is 7.63. The van der Waals surface area contributed by atoms with Gasteiger partial charge in [-0.1, -0.05) is 31.1 Å². The minimum atomic E-state index is -0.188. The van der Waals surface area contributed by atoms with Crippen LogP contribution in [0.5, 0.6) is 5.75 Å². The third-order valence-electron chi connectivity index (χ3n) is 3.05. The van der Waals surface area contributed by atoms with Crippen molar-refractivity contribution in [2.45, 2.75) is 32.7 Å². The zero-order chi connectivity index (χ0) is 14.5. The van der Waals surface area contributed by atoms with E-state index in [4.69, 9.17) is 15.0 Å². The Morgan fingerprint density at radius 2 is 1.95 bits per heavy atom. The summed E-state index contributed by atoms with van der Waals surface area (Å²) in [6.07, 6.45) is 1.46. The summed E-state index contributed by atoms with van der Waals surface area (Å²) in [5, 5.41) is 3.99. The predicted octanol–water partition coefficient (Wildman–Crippen LogP) is 2.71. The lowest BCUT2D eigenvalue weighted by atomic mass is 10.0. The number of nitrogens with zero attached hydrogens (tertiary/aromatic N) is 2. The largest absolute Gasteiger partial charge is 0.497 e. The molecule has 0 aliphatic rings. The average Bonchev–Trinajstić information content (AvgIpc) is 2.87. The van der Waals surface area contributed by atoms with Crippen LogP contribution in [0.15, 0.2) is 28.8 Å². The fourth-order valence-corrected chi connectivity index (χ4v) is 2.02. The van der Waals surface area contributed by atoms with Crippen LogP contribution < -0.4 is 10.5 Å². The second-order valence-corrected chi connectivity index (χ2v) is 5.31. The lowest BCUT2D eigenvalue weighted by Crippen LogP contribution is -2.13. The quantitative estimate of drug-likeness (QED) is 0.877. The number of benzene rings is 1. The first-order valence-electron chi connectivity index (χ1n) is 6.79. The van der Waals surface area contributed by atoms with Crippen LogP contribution in [-0.2, 0) is 6.42 Å². The minimum absolute atomic E-state index is 0.188. The number of hydrogen-bond donors (Lipinski definition) is 1. The summed E-state index contributed by atoms with van der Waals surface area (Å²) >= 11 is 0. The number of aromatic nitrogens is 2. The van der Waals surface area contributed by atoms with Gasteiger partial charge in [0.05, 0.1) is 13.2 Å². The molecule has 5 nitrogen and oxygen atoms in total. The van der Waals surface area contributed by atoms with Crippen LogP contribution in [0.2, 0.25) is 0 Å². The molecule has 0 bridgehead atoms. The highest BCUT2D eigenvalue weighted by Crippen LogP contribution is 2.18. The van der Waals surface area contributed by atoms with E-state index >= 15 is 0 Å². The first kappa shape index (κ1) is 14.5. The second kappa shape index (κ2) is 6.52. The van der Waals surface area contributed by atoms with Gasteiger partial charge in [-0.2, -0.15) is 4.98 Å². The molecule has 0 aliphatic heterocycles. The highest BCUT2D eigenvalue weighted by atomic mass is 16.5. The highest BCUT2D eigenvalue weighted by Gasteiger charge is 2.16. The SMILES string of the molecule is COc1ccc(Cc2noc(C(N)CC(C)C)n2)cc1. The van der Waals surface area contributed by atoms with Crippen molar-refractivity contribution in [3.8, 4) is 5.75 Å². The third-order valence-corrected chi connectivity index (χ3v) is 3.05. The number of hydrogen-bond acceptors (Lipinski definition) is 5. The maximum Gasteiger partial charge on any atom is 0.243 e. The van der Waals surface area contributed by atoms with E-state index < -0.39 is 0 Å². The van der Waals surface area contributed by atoms with Gasteiger partial charge < -0.3 is 15.0 Å². The Labute approximate surface area is 119 Å². The Kier molecular flexibility index (Phi) is 4.74. The molecule has 2 N–H and O–H groups in total. The molecule has 0 aliphatic carbocycles. The first-order chi connectivity index (χ1) is 9.58. The molecule has 108 valence electrons. The van der Waals surface area contributed by atoms with Gasteiger partial charge in [-0.05, 0) is 30.0 Å². The Morgan fingerprint density at radius 1 is 1.25 bits per heavy atom. The summed E-state index contributed by atoms with van der Waals surface area (Å²) in [4.78, 5) is 4.37. The van der Waals surface area contributed by atoms with Crippen molar-refractivity contribution in [1.29, 1.82) is 0 Å². The Morgan fingerprint density at radius 3 is 2.55 bits per heavy atom. The molecule has 0 saturated carbocycles. The molecule has 0 fully saturated rings. The Bertz CT molecular complexity index is 534. The fourth-order valence-electron chi connectivity index (χ4n) is 2.02. The van der Waals surface area contributed by atoms with Gasteiger partial charge in [0, 0.05) is 6.42 Å². The molecule has 20 heavy (non-hydrogen) atoms. The lowest BCUT2D eigenvalue weighted by molar-refractivity contribution is 0.333. The molecule has 2 aromatic rings. The van der Waals surface area contributed by atoms with Gasteiger partial charge in [-0.15, -0.1) is 0 Å². The first-order valence-corrected chi connectivity index (χ1v) is 6.79. The fraction of sp³-hybridized carbons (Fsp3) is 0.467. The van der Waals surface area contributed by atoms with Crippen molar-refractivity contribution in [3.05, 3.63) is 41.5 Å². The number of nitrogens with two attached hydrogens (primary N) is 1. The molecule has 5 heteroatoms. The average molecular weight is 275 g/mol. The van der Waals surface area contributed by atoms with Gasteiger partial charge in [0.1, 0.15) is 5.75 Å². The molecule has 0 amide bonds. The maximum atomic E-state index is 6.03. The van der Waals surface area contributed by atoms with Crippen molar-refractivity contribution >= 4 is 0 Å². The van der Waals surface area contributed by atoms with E-state index in [9.17, 15) is 0 Å². The van der Waals surface area contributed by atoms with Gasteiger partial charge in [0.2, 0.25) is 5.89 Å². The van der Waals surface area contributed by atoms with Crippen LogP contribution in [0.4, 0.5) is 0 Å². The third kappa shape index (κ3) is 3.81. The van der Waals surface area contributed by atoms with Gasteiger partial charge in [-0.25, -0.2) is 0 Å². The molecule has 1 heterocycles. The maximum absolute atomic E-state index is 6.03. The van der Waals surface area contributed by atoms with Crippen molar-refractivity contribution in [2.75, 3.05) is 7.11 Å². The topological polar surface area (TPSA) is 74.2 Å². The van der Waals surface area contributed by atoms with Gasteiger partial charge >= 0.3 is 0 Å². The molecule has 1 aromatic heterocycles. The van der Waals surface area contributed by atoms with Crippen LogP contribution in [0.1, 0.15) is 43.6 Å². The highest BCUT2D eigenvalue weighted by molar-refractivity contribution is 5.28. The smallest absolute Gasteiger partial charge is 0.243 e. The zero-order valence-corrected chi connectivity index (χ0v) is 12.2. The summed E-state index contributed by atoms with van der Waals surface area (Å²) in [5.74, 6) is 2.51. The van der Waals surface area contributed by atoms with E-state index in [1.54, 1.807) is 7.11 Å². The van der Waals surface area contributed by atoms with Crippen LogP contribution in [-0.4, -0.2) is 17.3 Å². The monoisotopic (exact) mass is 275 g/mol. The van der Waals surface area contributed by atoms with E-state index in [1.807, 2.05) is 24.3 Å². The molecule has 1 atom stereocenters. The van der Waals surface area contributed by atoms with Crippen molar-refractivity contribution in [1.82, 2.24) is 10.1 Å². The van der Waals surface area contributed by atoms with Gasteiger partial charge in [-0.3, -0.25) is 0 Å². The standard InChI is InChI=1S/C15H21N3O2/c1-10(2)8-13(16)15-17-14(18-20-15)9-11-4-6-12(19-3)7-5-11/h4-7,10,13H,8-9,16H2,1-3H3. The van der Waals surface area contributed by atoms with Crippen LogP contribution >= 0.6 is 0 Å². The summed E-state index contributed by atoms with van der Waals surface area (Å²) in [7, 11) is 1.65. The number of ether oxygens (including phenoxy) is 1. The Balaban J connectivity index is 2.01. The van der Waals surface area contributed by atoms with E-state index in [2.05, 4.69) is 24.0 Å². The molecule has 0 radical (unpaired) electrons. The van der Waals surface area contributed by atoms with Gasteiger partial charge in [0.15, 0.2) is 5.82 Å². The summed E-state index contributed by atoms with van der Waals surface area (Å²) in [5.41, 5.74) is 7.13. The predicted molar refractivity (Wildman–Crippen MR) is 76.5 cm³/mol. The molecule has 0 saturated heterocycles. The van der Waals surface area contributed by atoms with Crippen molar-refractivity contribution in [2.24, 2.45) is 11.7 Å². The molecule has 2 rings (SSSR count). The molecule has 1 aromatic carbocycles. The van der Waals surface area contributed by atoms with E-state index in [-0.39, 0.29) is 6.04 Å². The van der Waals surface area contributed by atoms with E-state index in [0.717, 1.165) is 17.7 Å².